The lowest BCUT2D eigenvalue weighted by atomic mass is 9.93. The molecular weight excluding hydrogens is 371 g/mol. The molecule has 1 atom stereocenters. The first kappa shape index (κ1) is 19.7. The predicted octanol–water partition coefficient (Wildman–Crippen LogP) is 4.49. The Balaban J connectivity index is 1.28. The van der Waals surface area contributed by atoms with Crippen LogP contribution in [-0.4, -0.2) is 30.7 Å². The Morgan fingerprint density at radius 1 is 1.28 bits per heavy atom. The first-order chi connectivity index (χ1) is 14.1. The third-order valence-electron chi connectivity index (χ3n) is 5.72. The van der Waals surface area contributed by atoms with E-state index in [1.165, 1.54) is 12.1 Å². The number of ether oxygens (including phenoxy) is 2. The van der Waals surface area contributed by atoms with Gasteiger partial charge in [0, 0.05) is 30.8 Å². The summed E-state index contributed by atoms with van der Waals surface area (Å²) in [5.41, 5.74) is 2.58. The molecule has 1 amide bonds. The standard InChI is InChI=1S/C23H27FN2O3/c1-16-12-19(24)8-9-20(16)25-22(27)10-7-17-4-3-11-26(13-17)14-18-5-2-6-21-23(18)29-15-28-21/h2,5-6,8-9,12,17H,3-4,7,10-11,13-15H2,1H3,(H,25,27)/t17-/m1/s1. The highest BCUT2D eigenvalue weighted by atomic mass is 19.1. The van der Waals surface area contributed by atoms with Gasteiger partial charge in [-0.05, 0) is 68.5 Å². The summed E-state index contributed by atoms with van der Waals surface area (Å²) in [6, 6.07) is 10.5. The molecule has 29 heavy (non-hydrogen) atoms. The van der Waals surface area contributed by atoms with Gasteiger partial charge in [-0.1, -0.05) is 12.1 Å². The van der Waals surface area contributed by atoms with Gasteiger partial charge in [0.05, 0.1) is 0 Å². The fourth-order valence-electron chi connectivity index (χ4n) is 4.20. The highest BCUT2D eigenvalue weighted by Gasteiger charge is 2.24. The Hall–Kier alpha value is -2.60. The van der Waals surface area contributed by atoms with E-state index in [0.717, 1.165) is 61.5 Å². The Kier molecular flexibility index (Phi) is 6.00. The van der Waals surface area contributed by atoms with Crippen molar-refractivity contribution in [3.05, 3.63) is 53.3 Å². The fourth-order valence-corrected chi connectivity index (χ4v) is 4.20. The first-order valence-corrected chi connectivity index (χ1v) is 10.2. The zero-order chi connectivity index (χ0) is 20.2. The van der Waals surface area contributed by atoms with E-state index >= 15 is 0 Å². The molecule has 1 N–H and O–H groups in total. The predicted molar refractivity (Wildman–Crippen MR) is 110 cm³/mol. The summed E-state index contributed by atoms with van der Waals surface area (Å²) < 4.78 is 24.3. The van der Waals surface area contributed by atoms with Crippen LogP contribution in [0.4, 0.5) is 10.1 Å². The minimum atomic E-state index is -0.288. The van der Waals surface area contributed by atoms with Gasteiger partial charge in [0.1, 0.15) is 5.82 Å². The summed E-state index contributed by atoms with van der Waals surface area (Å²) >= 11 is 0. The molecule has 0 aromatic heterocycles. The number of hydrogen-bond donors (Lipinski definition) is 1. The average Bonchev–Trinajstić information content (AvgIpc) is 3.19. The molecular formula is C23H27FN2O3. The Bertz CT molecular complexity index is 886. The van der Waals surface area contributed by atoms with E-state index in [2.05, 4.69) is 16.3 Å². The Morgan fingerprint density at radius 3 is 3.03 bits per heavy atom. The number of nitrogens with one attached hydrogen (secondary N) is 1. The van der Waals surface area contributed by atoms with Crippen LogP contribution in [-0.2, 0) is 11.3 Å². The Labute approximate surface area is 170 Å². The SMILES string of the molecule is Cc1cc(F)ccc1NC(=O)CC[C@H]1CCCN(Cc2cccc3c2OCO3)C1. The maximum atomic E-state index is 13.2. The molecule has 2 aromatic carbocycles. The molecule has 0 bridgehead atoms. The number of carbonyl (C=O) groups excluding carboxylic acids is 1. The van der Waals surface area contributed by atoms with Gasteiger partial charge in [0.25, 0.3) is 0 Å². The van der Waals surface area contributed by atoms with Crippen LogP contribution in [0, 0.1) is 18.7 Å². The molecule has 1 saturated heterocycles. The van der Waals surface area contributed by atoms with E-state index in [1.807, 2.05) is 12.1 Å². The smallest absolute Gasteiger partial charge is 0.231 e. The number of aryl methyl sites for hydroxylation is 1. The molecule has 2 aromatic rings. The molecule has 0 saturated carbocycles. The van der Waals surface area contributed by atoms with Crippen molar-refractivity contribution in [1.82, 2.24) is 4.90 Å². The van der Waals surface area contributed by atoms with Crippen molar-refractivity contribution in [2.45, 2.75) is 39.2 Å². The quantitative estimate of drug-likeness (QED) is 0.779. The van der Waals surface area contributed by atoms with Crippen molar-refractivity contribution in [1.29, 1.82) is 0 Å². The summed E-state index contributed by atoms with van der Waals surface area (Å²) in [5, 5.41) is 2.91. The monoisotopic (exact) mass is 398 g/mol. The number of fused-ring (bicyclic) bond motifs is 1. The van der Waals surface area contributed by atoms with E-state index in [1.54, 1.807) is 13.0 Å². The van der Waals surface area contributed by atoms with Gasteiger partial charge in [-0.25, -0.2) is 4.39 Å². The fraction of sp³-hybridized carbons (Fsp3) is 0.435. The zero-order valence-electron chi connectivity index (χ0n) is 16.7. The van der Waals surface area contributed by atoms with Crippen LogP contribution in [0.15, 0.2) is 36.4 Å². The van der Waals surface area contributed by atoms with Gasteiger partial charge < -0.3 is 14.8 Å². The maximum Gasteiger partial charge on any atom is 0.231 e. The third kappa shape index (κ3) is 4.88. The molecule has 5 nitrogen and oxygen atoms in total. The number of rotatable bonds is 6. The zero-order valence-corrected chi connectivity index (χ0v) is 16.7. The summed E-state index contributed by atoms with van der Waals surface area (Å²) in [6.45, 7) is 4.96. The lowest BCUT2D eigenvalue weighted by molar-refractivity contribution is -0.116. The molecule has 2 heterocycles. The number of carbonyl (C=O) groups is 1. The number of piperidine rings is 1. The number of hydrogen-bond acceptors (Lipinski definition) is 4. The summed E-state index contributed by atoms with van der Waals surface area (Å²) in [4.78, 5) is 14.8. The Morgan fingerprint density at radius 2 is 2.17 bits per heavy atom. The number of para-hydroxylation sites is 1. The molecule has 6 heteroatoms. The van der Waals surface area contributed by atoms with Crippen LogP contribution in [0.2, 0.25) is 0 Å². The van der Waals surface area contributed by atoms with E-state index in [9.17, 15) is 9.18 Å². The van der Waals surface area contributed by atoms with Gasteiger partial charge in [0.2, 0.25) is 12.7 Å². The average molecular weight is 398 g/mol. The van der Waals surface area contributed by atoms with Crippen LogP contribution in [0.25, 0.3) is 0 Å². The van der Waals surface area contributed by atoms with Gasteiger partial charge in [-0.15, -0.1) is 0 Å². The van der Waals surface area contributed by atoms with E-state index in [4.69, 9.17) is 9.47 Å². The van der Waals surface area contributed by atoms with Crippen LogP contribution < -0.4 is 14.8 Å². The van der Waals surface area contributed by atoms with Crippen LogP contribution >= 0.6 is 0 Å². The van der Waals surface area contributed by atoms with Gasteiger partial charge in [0.15, 0.2) is 11.5 Å². The van der Waals surface area contributed by atoms with E-state index in [-0.39, 0.29) is 18.5 Å². The molecule has 0 radical (unpaired) electrons. The third-order valence-corrected chi connectivity index (χ3v) is 5.72. The van der Waals surface area contributed by atoms with Gasteiger partial charge >= 0.3 is 0 Å². The van der Waals surface area contributed by atoms with Crippen molar-refractivity contribution in [2.75, 3.05) is 25.2 Å². The van der Waals surface area contributed by atoms with Gasteiger partial charge in [-0.3, -0.25) is 9.69 Å². The summed E-state index contributed by atoms with van der Waals surface area (Å²) in [5.74, 6) is 1.89. The van der Waals surface area contributed by atoms with Crippen molar-refractivity contribution < 1.29 is 18.7 Å². The molecule has 2 aliphatic rings. The first-order valence-electron chi connectivity index (χ1n) is 10.2. The highest BCUT2D eigenvalue weighted by molar-refractivity contribution is 5.91. The minimum absolute atomic E-state index is 0.0109. The van der Waals surface area contributed by atoms with Gasteiger partial charge in [-0.2, -0.15) is 0 Å². The normalized spacial score (nSPS) is 18.6. The van der Waals surface area contributed by atoms with Crippen molar-refractivity contribution in [3.8, 4) is 11.5 Å². The number of benzene rings is 2. The number of amides is 1. The number of nitrogens with zero attached hydrogens (tertiary/aromatic N) is 1. The number of anilines is 1. The largest absolute Gasteiger partial charge is 0.454 e. The van der Waals surface area contributed by atoms with Crippen LogP contribution in [0.1, 0.15) is 36.8 Å². The van der Waals surface area contributed by atoms with Crippen molar-refractivity contribution >= 4 is 11.6 Å². The molecule has 2 aliphatic heterocycles. The molecule has 154 valence electrons. The number of halogens is 1. The second-order valence-corrected chi connectivity index (χ2v) is 7.94. The summed E-state index contributed by atoms with van der Waals surface area (Å²) in [7, 11) is 0. The highest BCUT2D eigenvalue weighted by Crippen LogP contribution is 2.36. The molecule has 1 fully saturated rings. The van der Waals surface area contributed by atoms with Crippen molar-refractivity contribution in [2.24, 2.45) is 5.92 Å². The minimum Gasteiger partial charge on any atom is -0.454 e. The second-order valence-electron chi connectivity index (χ2n) is 7.94. The number of likely N-dealkylation sites (tertiary alicyclic amines) is 1. The molecule has 0 unspecified atom stereocenters. The molecule has 0 aliphatic carbocycles. The lowest BCUT2D eigenvalue weighted by Gasteiger charge is -2.33. The van der Waals surface area contributed by atoms with E-state index < -0.39 is 0 Å². The molecule has 4 rings (SSSR count). The van der Waals surface area contributed by atoms with E-state index in [0.29, 0.717) is 18.0 Å². The van der Waals surface area contributed by atoms with Crippen LogP contribution in [0.3, 0.4) is 0 Å². The van der Waals surface area contributed by atoms with Crippen molar-refractivity contribution in [3.63, 3.8) is 0 Å². The maximum absolute atomic E-state index is 13.2. The lowest BCUT2D eigenvalue weighted by Crippen LogP contribution is -2.35. The second kappa shape index (κ2) is 8.82. The molecule has 0 spiro atoms. The topological polar surface area (TPSA) is 50.8 Å². The summed E-state index contributed by atoms with van der Waals surface area (Å²) in [6.07, 6.45) is 3.61. The van der Waals surface area contributed by atoms with Crippen LogP contribution in [0.5, 0.6) is 11.5 Å².